The first kappa shape index (κ1) is 22.4. The highest BCUT2D eigenvalue weighted by molar-refractivity contribution is 6.09. The number of nitrogens with one attached hydrogen (secondary N) is 1. The molecule has 154 valence electrons. The molecule has 2 aromatic carbocycles. The van der Waals surface area contributed by atoms with Gasteiger partial charge < -0.3 is 14.8 Å². The Morgan fingerprint density at radius 2 is 1.93 bits per heavy atom. The van der Waals surface area contributed by atoms with Gasteiger partial charge in [-0.15, -0.1) is 6.58 Å². The molecule has 6 nitrogen and oxygen atoms in total. The van der Waals surface area contributed by atoms with E-state index in [1.165, 1.54) is 6.08 Å². The summed E-state index contributed by atoms with van der Waals surface area (Å²) in [6.07, 6.45) is 3.71. The van der Waals surface area contributed by atoms with Gasteiger partial charge in [-0.1, -0.05) is 29.8 Å². The van der Waals surface area contributed by atoms with E-state index in [1.807, 2.05) is 25.1 Å². The third kappa shape index (κ3) is 6.64. The lowest BCUT2D eigenvalue weighted by Gasteiger charge is -2.11. The van der Waals surface area contributed by atoms with Gasteiger partial charge in [0.1, 0.15) is 17.4 Å². The Morgan fingerprint density at radius 3 is 2.57 bits per heavy atom. The number of hydrogen-bond acceptors (Lipinski definition) is 5. The number of benzene rings is 2. The van der Waals surface area contributed by atoms with E-state index >= 15 is 0 Å². The van der Waals surface area contributed by atoms with Crippen LogP contribution in [0.1, 0.15) is 23.6 Å². The molecule has 0 heterocycles. The van der Waals surface area contributed by atoms with Gasteiger partial charge in [-0.3, -0.25) is 4.79 Å². The number of esters is 1. The van der Waals surface area contributed by atoms with Gasteiger partial charge in [0.05, 0.1) is 6.61 Å². The fraction of sp³-hybridized carbons (Fsp3) is 0.208. The molecule has 0 saturated heterocycles. The molecule has 0 spiro atoms. The van der Waals surface area contributed by atoms with Crippen LogP contribution < -0.4 is 10.1 Å². The summed E-state index contributed by atoms with van der Waals surface area (Å²) in [5, 5.41) is 12.1. The highest BCUT2D eigenvalue weighted by Gasteiger charge is 2.12. The number of nitrogens with zero attached hydrogens (tertiary/aromatic N) is 1. The van der Waals surface area contributed by atoms with Crippen LogP contribution in [-0.2, 0) is 20.7 Å². The normalized spacial score (nSPS) is 10.6. The van der Waals surface area contributed by atoms with Crippen LogP contribution in [0.2, 0.25) is 0 Å². The van der Waals surface area contributed by atoms with Crippen molar-refractivity contribution < 1.29 is 19.1 Å². The number of carbonyl (C=O) groups is 2. The summed E-state index contributed by atoms with van der Waals surface area (Å²) >= 11 is 0. The average Bonchev–Trinajstić information content (AvgIpc) is 2.73. The zero-order chi connectivity index (χ0) is 21.9. The predicted molar refractivity (Wildman–Crippen MR) is 116 cm³/mol. The van der Waals surface area contributed by atoms with Gasteiger partial charge in [-0.05, 0) is 61.7 Å². The predicted octanol–water partition coefficient (Wildman–Crippen LogP) is 4.21. The Morgan fingerprint density at radius 1 is 1.20 bits per heavy atom. The van der Waals surface area contributed by atoms with E-state index in [0.29, 0.717) is 23.4 Å². The summed E-state index contributed by atoms with van der Waals surface area (Å²) in [5.74, 6) is -0.428. The van der Waals surface area contributed by atoms with Crippen molar-refractivity contribution in [1.82, 2.24) is 0 Å². The summed E-state index contributed by atoms with van der Waals surface area (Å²) in [5.41, 5.74) is 3.09. The molecular formula is C24H24N2O4. The number of allylic oxidation sites excluding steroid dienone is 1. The summed E-state index contributed by atoms with van der Waals surface area (Å²) in [4.78, 5) is 24.0. The Labute approximate surface area is 176 Å². The standard InChI is InChI=1S/C24H24N2O4/c1-4-6-19-13-18(9-12-22(19)30-16-23(27)29-5-2)14-20(15-25)24(28)26-21-10-7-17(3)8-11-21/h4,7-14H,1,5-6,16H2,2-3H3,(H,26,28)/b20-14-. The number of rotatable bonds is 9. The molecule has 30 heavy (non-hydrogen) atoms. The Kier molecular flexibility index (Phi) is 8.40. The molecule has 6 heteroatoms. The number of carbonyl (C=O) groups excluding carboxylic acids is 2. The number of nitriles is 1. The smallest absolute Gasteiger partial charge is 0.344 e. The number of ether oxygens (including phenoxy) is 2. The van der Waals surface area contributed by atoms with Gasteiger partial charge in [0.2, 0.25) is 0 Å². The van der Waals surface area contributed by atoms with E-state index in [1.54, 1.807) is 43.3 Å². The van der Waals surface area contributed by atoms with E-state index in [9.17, 15) is 14.9 Å². The summed E-state index contributed by atoms with van der Waals surface area (Å²) in [6.45, 7) is 7.49. The Balaban J connectivity index is 2.20. The third-order valence-corrected chi connectivity index (χ3v) is 4.09. The van der Waals surface area contributed by atoms with Crippen LogP contribution in [0, 0.1) is 18.3 Å². The van der Waals surface area contributed by atoms with Crippen molar-refractivity contribution in [3.63, 3.8) is 0 Å². The average molecular weight is 404 g/mol. The molecule has 2 aromatic rings. The number of aryl methyl sites for hydroxylation is 1. The summed E-state index contributed by atoms with van der Waals surface area (Å²) in [7, 11) is 0. The molecular weight excluding hydrogens is 380 g/mol. The van der Waals surface area contributed by atoms with E-state index in [4.69, 9.17) is 9.47 Å². The molecule has 0 aliphatic carbocycles. The zero-order valence-electron chi connectivity index (χ0n) is 17.1. The molecule has 0 aromatic heterocycles. The van der Waals surface area contributed by atoms with Crippen molar-refractivity contribution in [3.8, 4) is 11.8 Å². The molecule has 0 saturated carbocycles. The molecule has 0 bridgehead atoms. The molecule has 2 rings (SSSR count). The second-order valence-electron chi connectivity index (χ2n) is 6.44. The van der Waals surface area contributed by atoms with Crippen molar-refractivity contribution in [2.24, 2.45) is 0 Å². The van der Waals surface area contributed by atoms with Crippen molar-refractivity contribution in [2.45, 2.75) is 20.3 Å². The van der Waals surface area contributed by atoms with Crippen LogP contribution in [0.25, 0.3) is 6.08 Å². The van der Waals surface area contributed by atoms with Gasteiger partial charge in [0.15, 0.2) is 6.61 Å². The SMILES string of the molecule is C=CCc1cc(/C=C(/C#N)C(=O)Nc2ccc(C)cc2)ccc1OCC(=O)OCC. The molecule has 0 atom stereocenters. The largest absolute Gasteiger partial charge is 0.482 e. The van der Waals surface area contributed by atoms with Crippen molar-refractivity contribution in [2.75, 3.05) is 18.5 Å². The van der Waals surface area contributed by atoms with Crippen LogP contribution in [0.3, 0.4) is 0 Å². The minimum absolute atomic E-state index is 0.0275. The first-order valence-electron chi connectivity index (χ1n) is 9.48. The van der Waals surface area contributed by atoms with Crippen molar-refractivity contribution >= 4 is 23.6 Å². The maximum atomic E-state index is 12.5. The minimum atomic E-state index is -0.491. The van der Waals surface area contributed by atoms with Crippen molar-refractivity contribution in [3.05, 3.63) is 77.4 Å². The second kappa shape index (κ2) is 11.2. The molecule has 0 aliphatic heterocycles. The van der Waals surface area contributed by atoms with E-state index in [0.717, 1.165) is 11.1 Å². The molecule has 0 unspecified atom stereocenters. The molecule has 0 fully saturated rings. The monoisotopic (exact) mass is 404 g/mol. The van der Waals surface area contributed by atoms with Crippen LogP contribution in [0.4, 0.5) is 5.69 Å². The molecule has 1 N–H and O–H groups in total. The van der Waals surface area contributed by atoms with E-state index < -0.39 is 11.9 Å². The molecule has 0 aliphatic rings. The van der Waals surface area contributed by atoms with E-state index in [2.05, 4.69) is 11.9 Å². The maximum Gasteiger partial charge on any atom is 0.344 e. The number of anilines is 1. The summed E-state index contributed by atoms with van der Waals surface area (Å²) < 4.78 is 10.4. The van der Waals surface area contributed by atoms with Crippen LogP contribution in [0.15, 0.2) is 60.7 Å². The number of amides is 1. The summed E-state index contributed by atoms with van der Waals surface area (Å²) in [6, 6.07) is 14.4. The second-order valence-corrected chi connectivity index (χ2v) is 6.44. The first-order valence-corrected chi connectivity index (χ1v) is 9.48. The van der Waals surface area contributed by atoms with Gasteiger partial charge in [-0.25, -0.2) is 4.79 Å². The lowest BCUT2D eigenvalue weighted by Crippen LogP contribution is -2.15. The van der Waals surface area contributed by atoms with Gasteiger partial charge >= 0.3 is 5.97 Å². The van der Waals surface area contributed by atoms with Gasteiger partial charge in [0.25, 0.3) is 5.91 Å². The minimum Gasteiger partial charge on any atom is -0.482 e. The quantitative estimate of drug-likeness (QED) is 0.293. The lowest BCUT2D eigenvalue weighted by molar-refractivity contribution is -0.145. The maximum absolute atomic E-state index is 12.5. The molecule has 1 amide bonds. The van der Waals surface area contributed by atoms with Crippen LogP contribution >= 0.6 is 0 Å². The van der Waals surface area contributed by atoms with Gasteiger partial charge in [0, 0.05) is 5.69 Å². The fourth-order valence-corrected chi connectivity index (χ4v) is 2.63. The first-order chi connectivity index (χ1) is 14.5. The number of hydrogen-bond donors (Lipinski definition) is 1. The Bertz CT molecular complexity index is 985. The fourth-order valence-electron chi connectivity index (χ4n) is 2.63. The van der Waals surface area contributed by atoms with E-state index in [-0.39, 0.29) is 18.8 Å². The highest BCUT2D eigenvalue weighted by Crippen LogP contribution is 2.23. The Hall–Kier alpha value is -3.85. The highest BCUT2D eigenvalue weighted by atomic mass is 16.6. The zero-order valence-corrected chi connectivity index (χ0v) is 17.1. The van der Waals surface area contributed by atoms with Crippen molar-refractivity contribution in [1.29, 1.82) is 5.26 Å². The van der Waals surface area contributed by atoms with Crippen LogP contribution in [-0.4, -0.2) is 25.1 Å². The topological polar surface area (TPSA) is 88.4 Å². The van der Waals surface area contributed by atoms with Crippen LogP contribution in [0.5, 0.6) is 5.75 Å². The van der Waals surface area contributed by atoms with Gasteiger partial charge in [-0.2, -0.15) is 5.26 Å². The molecule has 0 radical (unpaired) electrons. The third-order valence-electron chi connectivity index (χ3n) is 4.09. The lowest BCUT2D eigenvalue weighted by atomic mass is 10.0.